The Kier molecular flexibility index (Phi) is 29.8. The van der Waals surface area contributed by atoms with E-state index in [0.29, 0.717) is 33.4 Å². The lowest BCUT2D eigenvalue weighted by Crippen LogP contribution is -2.39. The fourth-order valence-electron chi connectivity index (χ4n) is 9.37. The van der Waals surface area contributed by atoms with Crippen molar-refractivity contribution in [2.45, 2.75) is 0 Å². The highest BCUT2D eigenvalue weighted by Crippen LogP contribution is 2.16. The molecule has 0 radical (unpaired) electrons. The smallest absolute Gasteiger partial charge is 0.254 e. The van der Waals surface area contributed by atoms with Crippen molar-refractivity contribution in [2.24, 2.45) is 0 Å². The van der Waals surface area contributed by atoms with Crippen LogP contribution in [-0.2, 0) is 56.8 Å². The fraction of sp³-hybridized carbons (Fsp3) is 0.600. The van der Waals surface area contributed by atoms with Crippen molar-refractivity contribution in [1.29, 1.82) is 0 Å². The van der Waals surface area contributed by atoms with Crippen LogP contribution in [0.5, 0.6) is 0 Å². The van der Waals surface area contributed by atoms with Gasteiger partial charge in [0.05, 0.1) is 159 Å². The van der Waals surface area contributed by atoms with Crippen LogP contribution >= 0.6 is 0 Å². The zero-order valence-corrected chi connectivity index (χ0v) is 48.4. The normalized spacial score (nSPS) is 21.4. The molecule has 3 aromatic rings. The number of rotatable bonds is 0. The lowest BCUT2D eigenvalue weighted by atomic mass is 10.1. The second-order valence-corrected chi connectivity index (χ2v) is 19.8. The molecule has 12 bridgehead atoms. The van der Waals surface area contributed by atoms with Crippen molar-refractivity contribution < 1.29 is 85.6 Å². The maximum atomic E-state index is 14.1. The number of ether oxygens (including phenoxy) is 12. The van der Waals surface area contributed by atoms with Crippen LogP contribution in [0, 0.1) is 0 Å². The van der Waals surface area contributed by atoms with E-state index in [1.165, 1.54) is 0 Å². The molecule has 0 unspecified atom stereocenters. The summed E-state index contributed by atoms with van der Waals surface area (Å²) in [7, 11) is 0. The van der Waals surface area contributed by atoms with Gasteiger partial charge in [0.15, 0.2) is 0 Å². The third-order valence-electron chi connectivity index (χ3n) is 14.1. The Bertz CT molecular complexity index is 2010. The van der Waals surface area contributed by atoms with Crippen LogP contribution < -0.4 is 0 Å². The molecule has 10 heterocycles. The van der Waals surface area contributed by atoms with Crippen molar-refractivity contribution in [3.63, 3.8) is 0 Å². The predicted molar refractivity (Wildman–Crippen MR) is 305 cm³/mol. The molecule has 0 N–H and O–H groups in total. The highest BCUT2D eigenvalue weighted by molar-refractivity contribution is 6.01. The van der Waals surface area contributed by atoms with Gasteiger partial charge in [-0.05, 0) is 54.6 Å². The molecule has 0 aromatic heterocycles. The van der Waals surface area contributed by atoms with E-state index >= 15 is 0 Å². The second-order valence-electron chi connectivity index (χ2n) is 19.8. The van der Waals surface area contributed by atoms with Crippen molar-refractivity contribution in [2.75, 3.05) is 237 Å². The van der Waals surface area contributed by atoms with Crippen LogP contribution in [0.2, 0.25) is 0 Å². The molecular weight excluding hydrogens is 1090 g/mol. The van der Waals surface area contributed by atoms with Gasteiger partial charge in [0, 0.05) is 112 Å². The monoisotopic (exact) mass is 1180 g/mol. The second kappa shape index (κ2) is 38.1. The molecule has 3 saturated heterocycles. The topological polar surface area (TPSA) is 233 Å². The summed E-state index contributed by atoms with van der Waals surface area (Å²) < 4.78 is 71.0. The minimum atomic E-state index is -0.295. The van der Waals surface area contributed by atoms with Gasteiger partial charge < -0.3 is 86.2 Å². The summed E-state index contributed by atoms with van der Waals surface area (Å²) in [6.07, 6.45) is 0. The Labute approximate surface area is 492 Å². The lowest BCUT2D eigenvalue weighted by Gasteiger charge is -2.25. The zero-order valence-electron chi connectivity index (χ0n) is 48.4. The van der Waals surface area contributed by atoms with Gasteiger partial charge in [-0.15, -0.1) is 0 Å². The molecule has 24 heteroatoms. The average molecular weight is 1180 g/mol. The van der Waals surface area contributed by atoms with E-state index < -0.39 is 0 Å². The van der Waals surface area contributed by atoms with Crippen LogP contribution in [0.3, 0.4) is 0 Å². The summed E-state index contributed by atoms with van der Waals surface area (Å²) in [5.74, 6) is -1.77. The number of carbonyl (C=O) groups excluding carboxylic acids is 6. The molecule has 0 aliphatic carbocycles. The van der Waals surface area contributed by atoms with E-state index in [9.17, 15) is 28.8 Å². The Morgan fingerprint density at radius 1 is 0.190 bits per heavy atom. The van der Waals surface area contributed by atoms with Gasteiger partial charge in [0.25, 0.3) is 35.4 Å². The van der Waals surface area contributed by atoms with Gasteiger partial charge in [-0.1, -0.05) is 18.2 Å². The van der Waals surface area contributed by atoms with Gasteiger partial charge in [-0.2, -0.15) is 0 Å². The molecule has 13 rings (SSSR count). The molecule has 0 atom stereocenters. The number of hydrogen-bond acceptors (Lipinski definition) is 18. The predicted octanol–water partition coefficient (Wildman–Crippen LogP) is 1.99. The van der Waals surface area contributed by atoms with E-state index in [1.807, 2.05) is 0 Å². The van der Waals surface area contributed by atoms with Gasteiger partial charge in [0.1, 0.15) is 0 Å². The van der Waals surface area contributed by atoms with E-state index in [-0.39, 0.29) is 273 Å². The molecule has 6 amide bonds. The van der Waals surface area contributed by atoms with E-state index in [4.69, 9.17) is 56.8 Å². The number of hydrogen-bond donors (Lipinski definition) is 0. The highest BCUT2D eigenvalue weighted by atomic mass is 16.5. The lowest BCUT2D eigenvalue weighted by molar-refractivity contribution is 0.00875. The number of amides is 6. The van der Waals surface area contributed by atoms with E-state index in [1.54, 1.807) is 102 Å². The van der Waals surface area contributed by atoms with Crippen molar-refractivity contribution >= 4 is 35.4 Å². The van der Waals surface area contributed by atoms with E-state index in [0.717, 1.165) is 0 Å². The number of benzene rings is 3. The Morgan fingerprint density at radius 2 is 0.310 bits per heavy atom. The van der Waals surface area contributed by atoms with Gasteiger partial charge in [-0.25, -0.2) is 0 Å². The molecule has 0 saturated carbocycles. The third-order valence-corrected chi connectivity index (χ3v) is 14.1. The van der Waals surface area contributed by atoms with Gasteiger partial charge in [0.2, 0.25) is 0 Å². The van der Waals surface area contributed by atoms with Crippen LogP contribution in [0.25, 0.3) is 0 Å². The summed E-state index contributed by atoms with van der Waals surface area (Å²) in [6.45, 7) is 8.21. The Morgan fingerprint density at radius 3 is 0.429 bits per heavy atom. The van der Waals surface area contributed by atoms with Crippen LogP contribution in [0.15, 0.2) is 72.8 Å². The Balaban J connectivity index is 1.08. The summed E-state index contributed by atoms with van der Waals surface area (Å²) in [5, 5.41) is 0. The minimum absolute atomic E-state index is 0.206. The highest BCUT2D eigenvalue weighted by Gasteiger charge is 2.25. The van der Waals surface area contributed by atoms with Crippen LogP contribution in [0.4, 0.5) is 0 Å². The molecule has 24 nitrogen and oxygen atoms in total. The van der Waals surface area contributed by atoms with Crippen LogP contribution in [0.1, 0.15) is 62.1 Å². The third kappa shape index (κ3) is 22.4. The summed E-state index contributed by atoms with van der Waals surface area (Å²) in [5.41, 5.74) is 1.96. The maximum Gasteiger partial charge on any atom is 0.254 e. The summed E-state index contributed by atoms with van der Waals surface area (Å²) in [6, 6.07) is 19.9. The SMILES string of the molecule is O=C1c2cccc(c2)C(=O)N2CCOCCOCCN(CCOCCOCC2)C(=O)c2cccc(c2)C(=O)N2CCOCCOCCN(CCOCCOCC2)C(=O)c2cccc(c2)C(=O)N2CCOCCOCCN1CCOCCOCC2. The average Bonchev–Trinajstić information content (AvgIpc) is 3.72. The molecule has 10 aliphatic heterocycles. The minimum Gasteiger partial charge on any atom is -0.377 e. The quantitative estimate of drug-likeness (QED) is 0.313. The first-order valence-electron chi connectivity index (χ1n) is 29.3. The number of nitrogens with zero attached hydrogens (tertiary/aromatic N) is 6. The molecule has 3 fully saturated rings. The first-order valence-corrected chi connectivity index (χ1v) is 29.3. The first-order chi connectivity index (χ1) is 41.3. The molecule has 10 aliphatic rings. The zero-order chi connectivity index (χ0) is 58.8. The number of carbonyl (C=O) groups is 6. The van der Waals surface area contributed by atoms with Gasteiger partial charge >= 0.3 is 0 Å². The van der Waals surface area contributed by atoms with Crippen LogP contribution in [-0.4, -0.2) is 302 Å². The molecule has 462 valence electrons. The van der Waals surface area contributed by atoms with E-state index in [2.05, 4.69) is 0 Å². The van der Waals surface area contributed by atoms with Gasteiger partial charge in [-0.3, -0.25) is 28.8 Å². The molecule has 0 spiro atoms. The summed E-state index contributed by atoms with van der Waals surface area (Å²) >= 11 is 0. The molecule has 84 heavy (non-hydrogen) atoms. The maximum absolute atomic E-state index is 14.1. The van der Waals surface area contributed by atoms with Crippen molar-refractivity contribution in [3.8, 4) is 0 Å². The summed E-state index contributed by atoms with van der Waals surface area (Å²) in [4.78, 5) is 94.7. The fourth-order valence-corrected chi connectivity index (χ4v) is 9.37. The molecule has 3 aromatic carbocycles. The molecular formula is C60H84N6O18. The standard InChI is InChI=1S/C60H84N6O18/c67-55-49-4-1-5-50(46-49)56(68)62-12-24-75-36-40-79-28-16-64(17-29-80-41-37-76-25-13-62)58(70)52-7-3-9-54(48-52)60(72)66-20-32-83-44-42-81-30-18-65(19-31-82-43-45-84-33-21-66)59(71)53-8-2-6-51(47-53)57(69)63-14-26-77-38-34-73-22-10-61(55)11-23-74-35-39-78-27-15-63/h1-9,46-48H,10-45H2. The first kappa shape index (κ1) is 65.5. The Hall–Kier alpha value is -6.00. The van der Waals surface area contributed by atoms with Crippen molar-refractivity contribution in [1.82, 2.24) is 29.4 Å². The van der Waals surface area contributed by atoms with Crippen molar-refractivity contribution in [3.05, 3.63) is 106 Å². The largest absolute Gasteiger partial charge is 0.377 e.